The highest BCUT2D eigenvalue weighted by Crippen LogP contribution is 2.20. The molecule has 18 heavy (non-hydrogen) atoms. The second-order valence-corrected chi connectivity index (χ2v) is 5.48. The largest absolute Gasteiger partial charge is 0.304 e. The van der Waals surface area contributed by atoms with Crippen LogP contribution < -0.4 is 5.56 Å². The molecule has 0 aliphatic rings. The number of alkyl halides is 1. The maximum absolute atomic E-state index is 12.3. The molecule has 0 aliphatic heterocycles. The van der Waals surface area contributed by atoms with E-state index in [-0.39, 0.29) is 11.6 Å². The zero-order valence-electron chi connectivity index (χ0n) is 9.94. The van der Waals surface area contributed by atoms with E-state index in [1.807, 2.05) is 47.9 Å². The van der Waals surface area contributed by atoms with Crippen LogP contribution in [0.3, 0.4) is 0 Å². The topological polar surface area (TPSA) is 22.0 Å². The van der Waals surface area contributed by atoms with Crippen LogP contribution in [0.2, 0.25) is 0 Å². The molecular formula is C14H13Br2NO. The van der Waals surface area contributed by atoms with E-state index < -0.39 is 0 Å². The number of hydrogen-bond donors (Lipinski definition) is 0. The summed E-state index contributed by atoms with van der Waals surface area (Å²) in [4.78, 5) is 12.3. The van der Waals surface area contributed by atoms with Crippen molar-refractivity contribution < 1.29 is 0 Å². The Labute approximate surface area is 123 Å². The first kappa shape index (κ1) is 13.6. The highest BCUT2D eigenvalue weighted by Gasteiger charge is 2.14. The summed E-state index contributed by atoms with van der Waals surface area (Å²) in [6, 6.07) is 13.8. The molecule has 94 valence electrons. The molecule has 4 heteroatoms. The summed E-state index contributed by atoms with van der Waals surface area (Å²) in [6.07, 6.45) is 0. The summed E-state index contributed by atoms with van der Waals surface area (Å²) in [5, 5.41) is 0.659. The van der Waals surface area contributed by atoms with Crippen LogP contribution in [0.4, 0.5) is 0 Å². The Morgan fingerprint density at radius 3 is 2.44 bits per heavy atom. The van der Waals surface area contributed by atoms with Gasteiger partial charge in [0.2, 0.25) is 0 Å². The molecule has 0 aliphatic carbocycles. The van der Waals surface area contributed by atoms with Gasteiger partial charge in [0, 0.05) is 11.0 Å². The first-order chi connectivity index (χ1) is 8.65. The Kier molecular flexibility index (Phi) is 4.40. The third kappa shape index (κ3) is 2.59. The van der Waals surface area contributed by atoms with Gasteiger partial charge >= 0.3 is 0 Å². The molecule has 0 saturated carbocycles. The molecule has 0 unspecified atom stereocenters. The van der Waals surface area contributed by atoms with Crippen LogP contribution in [-0.4, -0.2) is 4.57 Å². The van der Waals surface area contributed by atoms with Crippen LogP contribution in [0.15, 0.2) is 51.7 Å². The van der Waals surface area contributed by atoms with Gasteiger partial charge in [0.15, 0.2) is 0 Å². The number of halogens is 2. The lowest BCUT2D eigenvalue weighted by Gasteiger charge is -2.19. The monoisotopic (exact) mass is 369 g/mol. The Hall–Kier alpha value is -0.870. The standard InChI is InChI=1S/C14H13Br2NO/c1-10(11-5-3-2-4-6-11)17-12(9-15)7-8-13(16)14(17)18/h2-8,10H,9H2,1H3/t10-/m0/s1. The van der Waals surface area contributed by atoms with Crippen molar-refractivity contribution in [2.24, 2.45) is 0 Å². The number of benzene rings is 1. The zero-order chi connectivity index (χ0) is 13.1. The molecule has 1 aromatic carbocycles. The Balaban J connectivity index is 2.57. The fourth-order valence-electron chi connectivity index (χ4n) is 1.98. The van der Waals surface area contributed by atoms with E-state index >= 15 is 0 Å². The maximum atomic E-state index is 12.3. The van der Waals surface area contributed by atoms with Crippen molar-refractivity contribution in [3.8, 4) is 0 Å². The third-order valence-corrected chi connectivity index (χ3v) is 4.14. The SMILES string of the molecule is C[C@@H](c1ccccc1)n1c(CBr)ccc(Br)c1=O. The summed E-state index contributed by atoms with van der Waals surface area (Å²) in [6.45, 7) is 2.04. The smallest absolute Gasteiger partial charge is 0.265 e. The van der Waals surface area contributed by atoms with Crippen molar-refractivity contribution in [3.05, 3.63) is 68.5 Å². The molecule has 1 atom stereocenters. The highest BCUT2D eigenvalue weighted by atomic mass is 79.9. The van der Waals surface area contributed by atoms with Crippen LogP contribution in [0.1, 0.15) is 24.2 Å². The van der Waals surface area contributed by atoms with E-state index in [0.29, 0.717) is 9.80 Å². The van der Waals surface area contributed by atoms with E-state index in [1.165, 1.54) is 0 Å². The Morgan fingerprint density at radius 2 is 1.83 bits per heavy atom. The quantitative estimate of drug-likeness (QED) is 0.745. The lowest BCUT2D eigenvalue weighted by atomic mass is 10.1. The number of hydrogen-bond acceptors (Lipinski definition) is 1. The van der Waals surface area contributed by atoms with Gasteiger partial charge in [-0.15, -0.1) is 0 Å². The number of aromatic nitrogens is 1. The van der Waals surface area contributed by atoms with Gasteiger partial charge in [-0.3, -0.25) is 4.79 Å². The molecule has 2 nitrogen and oxygen atoms in total. The predicted octanol–water partition coefficient (Wildman–Crippen LogP) is 4.12. The molecule has 2 rings (SSSR count). The minimum Gasteiger partial charge on any atom is -0.304 e. The van der Waals surface area contributed by atoms with Crippen LogP contribution in [0.5, 0.6) is 0 Å². The highest BCUT2D eigenvalue weighted by molar-refractivity contribution is 9.10. The summed E-state index contributed by atoms with van der Waals surface area (Å²) in [7, 11) is 0. The van der Waals surface area contributed by atoms with Crippen molar-refractivity contribution in [1.29, 1.82) is 0 Å². The number of rotatable bonds is 3. The number of pyridine rings is 1. The first-order valence-corrected chi connectivity index (χ1v) is 7.57. The molecule has 0 spiro atoms. The van der Waals surface area contributed by atoms with Crippen molar-refractivity contribution in [3.63, 3.8) is 0 Å². The van der Waals surface area contributed by atoms with Gasteiger partial charge in [-0.25, -0.2) is 0 Å². The van der Waals surface area contributed by atoms with Crippen LogP contribution >= 0.6 is 31.9 Å². The third-order valence-electron chi connectivity index (χ3n) is 2.96. The summed E-state index contributed by atoms with van der Waals surface area (Å²) in [5.41, 5.74) is 2.10. The van der Waals surface area contributed by atoms with E-state index in [2.05, 4.69) is 31.9 Å². The van der Waals surface area contributed by atoms with Crippen molar-refractivity contribution in [1.82, 2.24) is 4.57 Å². The second kappa shape index (κ2) is 5.85. The Bertz CT molecular complexity index is 592. The molecule has 2 aromatic rings. The molecule has 0 radical (unpaired) electrons. The molecule has 0 fully saturated rings. The van der Waals surface area contributed by atoms with Gasteiger partial charge < -0.3 is 4.57 Å². The molecule has 1 heterocycles. The van der Waals surface area contributed by atoms with Gasteiger partial charge in [0.1, 0.15) is 0 Å². The Morgan fingerprint density at radius 1 is 1.17 bits per heavy atom. The van der Waals surface area contributed by atoms with Gasteiger partial charge in [0.25, 0.3) is 5.56 Å². The summed E-state index contributed by atoms with van der Waals surface area (Å²) in [5.74, 6) is 0. The lowest BCUT2D eigenvalue weighted by Crippen LogP contribution is -2.27. The van der Waals surface area contributed by atoms with Gasteiger partial charge in [0.05, 0.1) is 10.5 Å². The van der Waals surface area contributed by atoms with E-state index in [4.69, 9.17) is 0 Å². The second-order valence-electron chi connectivity index (χ2n) is 4.07. The molecule has 1 aromatic heterocycles. The summed E-state index contributed by atoms with van der Waals surface area (Å²) >= 11 is 6.73. The first-order valence-electron chi connectivity index (χ1n) is 5.66. The van der Waals surface area contributed by atoms with Crippen LogP contribution in [0, 0.1) is 0 Å². The van der Waals surface area contributed by atoms with Crippen molar-refractivity contribution in [2.45, 2.75) is 18.3 Å². The average Bonchev–Trinajstić information content (AvgIpc) is 2.42. The minimum atomic E-state index is 0.00306. The minimum absolute atomic E-state index is 0.00306. The molecule has 0 N–H and O–H groups in total. The van der Waals surface area contributed by atoms with E-state index in [1.54, 1.807) is 6.07 Å². The van der Waals surface area contributed by atoms with Gasteiger partial charge in [-0.05, 0) is 40.5 Å². The van der Waals surface area contributed by atoms with Crippen molar-refractivity contribution in [2.75, 3.05) is 0 Å². The van der Waals surface area contributed by atoms with Crippen LogP contribution in [-0.2, 0) is 5.33 Å². The van der Waals surface area contributed by atoms with Gasteiger partial charge in [-0.2, -0.15) is 0 Å². The molecule has 0 amide bonds. The number of nitrogens with zero attached hydrogens (tertiary/aromatic N) is 1. The summed E-state index contributed by atoms with van der Waals surface area (Å²) < 4.78 is 2.41. The fraction of sp³-hybridized carbons (Fsp3) is 0.214. The predicted molar refractivity (Wildman–Crippen MR) is 81.3 cm³/mol. The maximum Gasteiger partial charge on any atom is 0.265 e. The van der Waals surface area contributed by atoms with Gasteiger partial charge in [-0.1, -0.05) is 46.3 Å². The zero-order valence-corrected chi connectivity index (χ0v) is 13.1. The molecular weight excluding hydrogens is 358 g/mol. The van der Waals surface area contributed by atoms with Crippen LogP contribution in [0.25, 0.3) is 0 Å². The lowest BCUT2D eigenvalue weighted by molar-refractivity contribution is 0.593. The normalized spacial score (nSPS) is 12.4. The van der Waals surface area contributed by atoms with E-state index in [9.17, 15) is 4.79 Å². The van der Waals surface area contributed by atoms with E-state index in [0.717, 1.165) is 11.3 Å². The molecule has 0 bridgehead atoms. The average molecular weight is 371 g/mol. The fourth-order valence-corrected chi connectivity index (χ4v) is 2.76. The van der Waals surface area contributed by atoms with Crippen molar-refractivity contribution >= 4 is 31.9 Å². The molecule has 0 saturated heterocycles.